The number of anilines is 1. The Balaban J connectivity index is 1.71. The quantitative estimate of drug-likeness (QED) is 0.375. The van der Waals surface area contributed by atoms with E-state index >= 15 is 4.79 Å². The smallest absolute Gasteiger partial charge is 0.253 e. The van der Waals surface area contributed by atoms with E-state index in [1.54, 1.807) is 35.1 Å². The fraction of sp³-hybridized carbons (Fsp3) is 0.441. The number of halogens is 1. The van der Waals surface area contributed by atoms with Crippen molar-refractivity contribution in [3.8, 4) is 0 Å². The first-order valence-electron chi connectivity index (χ1n) is 14.8. The van der Waals surface area contributed by atoms with Crippen molar-refractivity contribution in [2.45, 2.75) is 56.4 Å². The number of carbonyl (C=O) groups excluding carboxylic acids is 3. The summed E-state index contributed by atoms with van der Waals surface area (Å²) in [5, 5.41) is 11.2. The van der Waals surface area contributed by atoms with Gasteiger partial charge in [-0.15, -0.1) is 13.2 Å². The summed E-state index contributed by atoms with van der Waals surface area (Å²) in [4.78, 5) is 48.5. The number of hydrogen-bond acceptors (Lipinski definition) is 5. The van der Waals surface area contributed by atoms with Gasteiger partial charge in [0.1, 0.15) is 11.6 Å². The number of nitrogens with zero attached hydrogens (tertiary/aromatic N) is 3. The number of para-hydroxylation sites is 1. The lowest BCUT2D eigenvalue weighted by Crippen LogP contribution is -2.57. The number of fused-ring (bicyclic) bond motifs is 1. The number of rotatable bonds is 11. The number of aryl methyl sites for hydroxylation is 1. The topological polar surface area (TPSA) is 90.4 Å². The lowest BCUT2D eigenvalue weighted by atomic mass is 9.64. The lowest BCUT2D eigenvalue weighted by Gasteiger charge is -2.40. The van der Waals surface area contributed by atoms with E-state index in [2.05, 4.69) is 13.2 Å². The molecular formula is C34H40ClN3O5. The van der Waals surface area contributed by atoms with Crippen LogP contribution in [-0.4, -0.2) is 76.6 Å². The van der Waals surface area contributed by atoms with E-state index in [1.807, 2.05) is 56.3 Å². The van der Waals surface area contributed by atoms with Crippen LogP contribution in [-0.2, 0) is 19.1 Å². The average Bonchev–Trinajstić information content (AvgIpc) is 3.61. The molecule has 3 amide bonds. The lowest BCUT2D eigenvalue weighted by molar-refractivity contribution is -0.153. The molecule has 2 unspecified atom stereocenters. The highest BCUT2D eigenvalue weighted by Crippen LogP contribution is 2.65. The van der Waals surface area contributed by atoms with Gasteiger partial charge < -0.3 is 24.5 Å². The first kappa shape index (κ1) is 31.0. The van der Waals surface area contributed by atoms with Gasteiger partial charge in [0.2, 0.25) is 11.8 Å². The second-order valence-electron chi connectivity index (χ2n) is 11.8. The molecule has 6 atom stereocenters. The van der Waals surface area contributed by atoms with Crippen molar-refractivity contribution >= 4 is 35.0 Å². The van der Waals surface area contributed by atoms with Crippen LogP contribution in [0.2, 0.25) is 5.02 Å². The van der Waals surface area contributed by atoms with E-state index in [1.165, 1.54) is 4.90 Å². The normalized spacial score (nSPS) is 28.0. The third-order valence-corrected chi connectivity index (χ3v) is 9.93. The molecule has 0 aromatic heterocycles. The molecule has 8 nitrogen and oxygen atoms in total. The van der Waals surface area contributed by atoms with Crippen LogP contribution in [0.1, 0.15) is 43.4 Å². The van der Waals surface area contributed by atoms with Gasteiger partial charge in [0.25, 0.3) is 5.91 Å². The highest BCUT2D eigenvalue weighted by atomic mass is 35.5. The molecule has 3 heterocycles. The molecule has 0 aliphatic carbocycles. The Labute approximate surface area is 258 Å². The third-order valence-electron chi connectivity index (χ3n) is 9.63. The SMILES string of the molecule is C=CCN(C)C(=O)[C@H]1[C@H]2C(=O)N([C@H](CO)c3ccccc3)C(C(=O)N(CC=C)c3c(C)cccc3Cl)C23CC[C@]1(CC)O3. The van der Waals surface area contributed by atoms with Gasteiger partial charge in [0.15, 0.2) is 0 Å². The van der Waals surface area contributed by atoms with Gasteiger partial charge in [-0.3, -0.25) is 14.4 Å². The molecule has 2 aromatic carbocycles. The molecule has 2 aromatic rings. The molecule has 1 N–H and O–H groups in total. The molecule has 43 heavy (non-hydrogen) atoms. The largest absolute Gasteiger partial charge is 0.394 e. The summed E-state index contributed by atoms with van der Waals surface area (Å²) < 4.78 is 6.95. The zero-order valence-electron chi connectivity index (χ0n) is 25.0. The number of aliphatic hydroxyl groups is 1. The maximum atomic E-state index is 15.0. The van der Waals surface area contributed by atoms with Crippen LogP contribution in [0, 0.1) is 18.8 Å². The van der Waals surface area contributed by atoms with Gasteiger partial charge >= 0.3 is 0 Å². The Kier molecular flexibility index (Phi) is 8.58. The van der Waals surface area contributed by atoms with Crippen molar-refractivity contribution < 1.29 is 24.2 Å². The molecule has 2 bridgehead atoms. The number of ether oxygens (including phenoxy) is 1. The Morgan fingerprint density at radius 2 is 1.81 bits per heavy atom. The number of likely N-dealkylation sites (N-methyl/N-ethyl adjacent to an activating group) is 1. The van der Waals surface area contributed by atoms with Crippen LogP contribution in [0.25, 0.3) is 0 Å². The van der Waals surface area contributed by atoms with Crippen molar-refractivity contribution in [3.63, 3.8) is 0 Å². The van der Waals surface area contributed by atoms with Gasteiger partial charge in [-0.25, -0.2) is 0 Å². The molecule has 9 heteroatoms. The molecule has 3 saturated heterocycles. The molecule has 228 valence electrons. The van der Waals surface area contributed by atoms with Crippen LogP contribution in [0.15, 0.2) is 73.8 Å². The van der Waals surface area contributed by atoms with E-state index in [0.717, 1.165) is 5.56 Å². The Bertz CT molecular complexity index is 1410. The standard InChI is InChI=1S/C34H40ClN3O5/c1-6-19-36(5)30(40)26-27-31(41)38(25(21-39)23-14-10-9-11-15-23)29(34(27)18-17-33(26,8-3)43-34)32(42)37(20-7-2)28-22(4)13-12-16-24(28)35/h6-7,9-16,25-27,29,39H,1-2,8,17-21H2,3-5H3/t25-,26-,27+,29?,33+,34?/m1/s1. The molecule has 3 fully saturated rings. The van der Waals surface area contributed by atoms with E-state index in [-0.39, 0.29) is 24.3 Å². The van der Waals surface area contributed by atoms with E-state index < -0.39 is 41.7 Å². The van der Waals surface area contributed by atoms with Crippen molar-refractivity contribution in [3.05, 3.63) is 90.0 Å². The minimum absolute atomic E-state index is 0.140. The number of carbonyl (C=O) groups is 3. The van der Waals surface area contributed by atoms with Crippen molar-refractivity contribution in [2.24, 2.45) is 11.8 Å². The highest BCUT2D eigenvalue weighted by molar-refractivity contribution is 6.34. The van der Waals surface area contributed by atoms with E-state index in [9.17, 15) is 14.7 Å². The number of hydrogen-bond donors (Lipinski definition) is 1. The van der Waals surface area contributed by atoms with Gasteiger partial charge in [-0.1, -0.05) is 73.1 Å². The van der Waals surface area contributed by atoms with Crippen LogP contribution in [0.5, 0.6) is 0 Å². The first-order valence-corrected chi connectivity index (χ1v) is 15.2. The maximum Gasteiger partial charge on any atom is 0.253 e. The Morgan fingerprint density at radius 3 is 2.42 bits per heavy atom. The second kappa shape index (κ2) is 11.9. The summed E-state index contributed by atoms with van der Waals surface area (Å²) in [6.07, 6.45) is 4.74. The fourth-order valence-electron chi connectivity index (χ4n) is 7.73. The molecular weight excluding hydrogens is 566 g/mol. The van der Waals surface area contributed by atoms with Crippen molar-refractivity contribution in [2.75, 3.05) is 31.6 Å². The summed E-state index contributed by atoms with van der Waals surface area (Å²) in [5.74, 6) is -2.64. The minimum Gasteiger partial charge on any atom is -0.394 e. The fourth-order valence-corrected chi connectivity index (χ4v) is 8.05. The summed E-state index contributed by atoms with van der Waals surface area (Å²) in [5.41, 5.74) is -0.158. The van der Waals surface area contributed by atoms with Gasteiger partial charge in [-0.2, -0.15) is 0 Å². The second-order valence-corrected chi connectivity index (χ2v) is 12.2. The van der Waals surface area contributed by atoms with E-state index in [4.69, 9.17) is 16.3 Å². The average molecular weight is 606 g/mol. The minimum atomic E-state index is -1.27. The molecule has 3 aliphatic rings. The predicted octanol–water partition coefficient (Wildman–Crippen LogP) is 4.70. The molecule has 5 rings (SSSR count). The number of amides is 3. The zero-order chi connectivity index (χ0) is 31.1. The van der Waals surface area contributed by atoms with Crippen LogP contribution in [0.3, 0.4) is 0 Å². The molecule has 3 aliphatic heterocycles. The van der Waals surface area contributed by atoms with Gasteiger partial charge in [0.05, 0.1) is 40.8 Å². The molecule has 0 radical (unpaired) electrons. The predicted molar refractivity (Wildman–Crippen MR) is 167 cm³/mol. The van der Waals surface area contributed by atoms with Crippen LogP contribution in [0.4, 0.5) is 5.69 Å². The number of aliphatic hydroxyl groups excluding tert-OH is 1. The van der Waals surface area contributed by atoms with E-state index in [0.29, 0.717) is 42.1 Å². The zero-order valence-corrected chi connectivity index (χ0v) is 25.8. The summed E-state index contributed by atoms with van der Waals surface area (Å²) in [6.45, 7) is 11.5. The van der Waals surface area contributed by atoms with Crippen molar-refractivity contribution in [1.82, 2.24) is 9.80 Å². The Hall–Kier alpha value is -3.46. The monoisotopic (exact) mass is 605 g/mol. The molecule has 0 saturated carbocycles. The van der Waals surface area contributed by atoms with Crippen LogP contribution < -0.4 is 4.90 Å². The van der Waals surface area contributed by atoms with Gasteiger partial charge in [0, 0.05) is 20.1 Å². The van der Waals surface area contributed by atoms with Crippen molar-refractivity contribution in [1.29, 1.82) is 0 Å². The summed E-state index contributed by atoms with van der Waals surface area (Å²) >= 11 is 6.69. The summed E-state index contributed by atoms with van der Waals surface area (Å²) in [7, 11) is 1.69. The van der Waals surface area contributed by atoms with Gasteiger partial charge in [-0.05, 0) is 43.4 Å². The number of likely N-dealkylation sites (tertiary alicyclic amines) is 1. The maximum absolute atomic E-state index is 15.0. The highest BCUT2D eigenvalue weighted by Gasteiger charge is 2.79. The summed E-state index contributed by atoms with van der Waals surface area (Å²) in [6, 6.07) is 12.6. The van der Waals surface area contributed by atoms with Crippen LogP contribution >= 0.6 is 11.6 Å². The molecule has 1 spiro atoms. The Morgan fingerprint density at radius 1 is 1.12 bits per heavy atom. The third kappa shape index (κ3) is 4.71. The number of benzene rings is 2. The first-order chi connectivity index (χ1) is 20.6.